The van der Waals surface area contributed by atoms with Gasteiger partial charge >= 0.3 is 11.9 Å². The monoisotopic (exact) mass is 449 g/mol. The Balaban J connectivity index is 1.71. The van der Waals surface area contributed by atoms with Crippen molar-refractivity contribution >= 4 is 11.9 Å². The third-order valence-corrected chi connectivity index (χ3v) is 5.08. The Kier molecular flexibility index (Phi) is 7.69. The van der Waals surface area contributed by atoms with Crippen LogP contribution in [0.3, 0.4) is 0 Å². The summed E-state index contributed by atoms with van der Waals surface area (Å²) in [6.45, 7) is 9.58. The van der Waals surface area contributed by atoms with Gasteiger partial charge in [-0.3, -0.25) is 9.59 Å². The molecule has 0 radical (unpaired) electrons. The molecule has 6 nitrogen and oxygen atoms in total. The molecule has 0 bridgehead atoms. The summed E-state index contributed by atoms with van der Waals surface area (Å²) in [6, 6.07) is 16.1. The van der Waals surface area contributed by atoms with Crippen LogP contribution >= 0.6 is 0 Å². The number of aryl methyl sites for hydroxylation is 2. The zero-order valence-corrected chi connectivity index (χ0v) is 19.9. The van der Waals surface area contributed by atoms with E-state index in [0.29, 0.717) is 30.9 Å². The van der Waals surface area contributed by atoms with E-state index >= 15 is 0 Å². The first kappa shape index (κ1) is 24.2. The lowest BCUT2D eigenvalue weighted by Crippen LogP contribution is -2.25. The van der Waals surface area contributed by atoms with Gasteiger partial charge in [-0.25, -0.2) is 0 Å². The minimum atomic E-state index is -0.543. The van der Waals surface area contributed by atoms with Crippen LogP contribution in [-0.2, 0) is 31.9 Å². The van der Waals surface area contributed by atoms with Crippen molar-refractivity contribution in [3.63, 3.8) is 0 Å². The van der Waals surface area contributed by atoms with Crippen molar-refractivity contribution in [1.29, 1.82) is 0 Å². The van der Waals surface area contributed by atoms with Gasteiger partial charge in [0.05, 0.1) is 18.7 Å². The van der Waals surface area contributed by atoms with E-state index in [1.807, 2.05) is 83.1 Å². The summed E-state index contributed by atoms with van der Waals surface area (Å²) < 4.78 is 16.0. The van der Waals surface area contributed by atoms with E-state index in [-0.39, 0.29) is 18.4 Å². The smallest absolute Gasteiger partial charge is 0.310 e. The third kappa shape index (κ3) is 6.78. The summed E-state index contributed by atoms with van der Waals surface area (Å²) in [7, 11) is 0. The molecule has 0 atom stereocenters. The van der Waals surface area contributed by atoms with Gasteiger partial charge in [0.15, 0.2) is 5.76 Å². The first-order chi connectivity index (χ1) is 15.7. The molecule has 0 N–H and O–H groups in total. The number of hydrogen-bond acceptors (Lipinski definition) is 6. The van der Waals surface area contributed by atoms with E-state index in [4.69, 9.17) is 14.0 Å². The van der Waals surface area contributed by atoms with Crippen LogP contribution < -0.4 is 0 Å². The van der Waals surface area contributed by atoms with E-state index in [1.54, 1.807) is 0 Å². The molecule has 0 aliphatic heterocycles. The van der Waals surface area contributed by atoms with Crippen LogP contribution in [-0.4, -0.2) is 29.3 Å². The van der Waals surface area contributed by atoms with Crippen LogP contribution in [0.25, 0.3) is 22.5 Å². The van der Waals surface area contributed by atoms with Crippen molar-refractivity contribution in [2.24, 2.45) is 0 Å². The Bertz CT molecular complexity index is 1090. The maximum absolute atomic E-state index is 12.3. The molecule has 0 saturated heterocycles. The number of nitrogens with zero attached hydrogens (tertiary/aromatic N) is 1. The lowest BCUT2D eigenvalue weighted by atomic mass is 9.99. The number of esters is 2. The van der Waals surface area contributed by atoms with Gasteiger partial charge in [-0.05, 0) is 57.7 Å². The molecule has 0 unspecified atom stereocenters. The Labute approximate surface area is 194 Å². The molecule has 3 aromatic rings. The fourth-order valence-electron chi connectivity index (χ4n) is 3.50. The SMILES string of the molecule is CCOC(=O)CCc1ccc(-c2ccc(-c3onc(C)c3CC(=O)OC(C)(C)C)cc2)cc1. The van der Waals surface area contributed by atoms with E-state index in [1.165, 1.54) is 0 Å². The highest BCUT2D eigenvalue weighted by molar-refractivity contribution is 5.77. The highest BCUT2D eigenvalue weighted by Crippen LogP contribution is 2.30. The molecule has 0 aliphatic rings. The predicted molar refractivity (Wildman–Crippen MR) is 127 cm³/mol. The maximum Gasteiger partial charge on any atom is 0.310 e. The maximum atomic E-state index is 12.3. The Morgan fingerprint density at radius 1 is 0.909 bits per heavy atom. The van der Waals surface area contributed by atoms with E-state index < -0.39 is 5.60 Å². The fraction of sp³-hybridized carbons (Fsp3) is 0.370. The molecular formula is C27H31NO5. The number of ether oxygens (including phenoxy) is 2. The quantitative estimate of drug-likeness (QED) is 0.411. The topological polar surface area (TPSA) is 78.6 Å². The number of rotatable bonds is 8. The van der Waals surface area contributed by atoms with Crippen molar-refractivity contribution in [3.8, 4) is 22.5 Å². The van der Waals surface area contributed by atoms with Crippen LogP contribution in [0.4, 0.5) is 0 Å². The van der Waals surface area contributed by atoms with Crippen LogP contribution in [0.5, 0.6) is 0 Å². The van der Waals surface area contributed by atoms with Crippen molar-refractivity contribution in [2.45, 2.75) is 59.5 Å². The second kappa shape index (κ2) is 10.5. The zero-order chi connectivity index (χ0) is 24.0. The number of carbonyl (C=O) groups is 2. The van der Waals surface area contributed by atoms with Gasteiger partial charge in [0.25, 0.3) is 0 Å². The molecule has 2 aromatic carbocycles. The standard InChI is InChI=1S/C27H31NO5/c1-6-31-24(29)16-9-19-7-10-20(11-8-19)21-12-14-22(15-13-21)26-23(18(2)28-33-26)17-25(30)32-27(3,4)5/h7-8,10-15H,6,9,16-17H2,1-5H3. The van der Waals surface area contributed by atoms with Crippen LogP contribution in [0.15, 0.2) is 53.1 Å². The van der Waals surface area contributed by atoms with Crippen LogP contribution in [0, 0.1) is 6.92 Å². The van der Waals surface area contributed by atoms with Crippen LogP contribution in [0.2, 0.25) is 0 Å². The molecular weight excluding hydrogens is 418 g/mol. The summed E-state index contributed by atoms with van der Waals surface area (Å²) in [5.74, 6) is 0.0970. The molecule has 6 heteroatoms. The molecule has 174 valence electrons. The normalized spacial score (nSPS) is 11.3. The molecule has 0 aliphatic carbocycles. The van der Waals surface area contributed by atoms with Gasteiger partial charge in [-0.1, -0.05) is 53.7 Å². The molecule has 1 aromatic heterocycles. The van der Waals surface area contributed by atoms with Gasteiger partial charge in [0, 0.05) is 17.5 Å². The number of aromatic nitrogens is 1. The first-order valence-electron chi connectivity index (χ1n) is 11.2. The highest BCUT2D eigenvalue weighted by Gasteiger charge is 2.22. The van der Waals surface area contributed by atoms with Crippen LogP contribution in [0.1, 0.15) is 50.9 Å². The molecule has 0 fully saturated rings. The van der Waals surface area contributed by atoms with Crippen molar-refractivity contribution in [3.05, 3.63) is 65.4 Å². The minimum absolute atomic E-state index is 0.108. The van der Waals surface area contributed by atoms with E-state index in [0.717, 1.165) is 27.8 Å². The van der Waals surface area contributed by atoms with Gasteiger partial charge in [0.2, 0.25) is 0 Å². The zero-order valence-electron chi connectivity index (χ0n) is 19.9. The predicted octanol–water partition coefficient (Wildman–Crippen LogP) is 5.70. The average molecular weight is 450 g/mol. The third-order valence-electron chi connectivity index (χ3n) is 5.08. The average Bonchev–Trinajstić information content (AvgIpc) is 3.12. The Morgan fingerprint density at radius 3 is 2.06 bits per heavy atom. The lowest BCUT2D eigenvalue weighted by Gasteiger charge is -2.19. The molecule has 3 rings (SSSR count). The molecule has 0 amide bonds. The largest absolute Gasteiger partial charge is 0.466 e. The number of hydrogen-bond donors (Lipinski definition) is 0. The van der Waals surface area contributed by atoms with E-state index in [2.05, 4.69) is 5.16 Å². The van der Waals surface area contributed by atoms with Crippen molar-refractivity contribution in [1.82, 2.24) is 5.16 Å². The second-order valence-corrected chi connectivity index (χ2v) is 8.92. The molecule has 0 saturated carbocycles. The molecule has 1 heterocycles. The van der Waals surface area contributed by atoms with E-state index in [9.17, 15) is 9.59 Å². The second-order valence-electron chi connectivity index (χ2n) is 8.92. The summed E-state index contributed by atoms with van der Waals surface area (Å²) >= 11 is 0. The van der Waals surface area contributed by atoms with Crippen molar-refractivity contribution in [2.75, 3.05) is 6.61 Å². The van der Waals surface area contributed by atoms with Gasteiger partial charge in [-0.2, -0.15) is 0 Å². The fourth-order valence-corrected chi connectivity index (χ4v) is 3.50. The number of carbonyl (C=O) groups excluding carboxylic acids is 2. The molecule has 0 spiro atoms. The Hall–Kier alpha value is -3.41. The summed E-state index contributed by atoms with van der Waals surface area (Å²) in [4.78, 5) is 23.9. The Morgan fingerprint density at radius 2 is 1.48 bits per heavy atom. The van der Waals surface area contributed by atoms with Gasteiger partial charge < -0.3 is 14.0 Å². The first-order valence-corrected chi connectivity index (χ1v) is 11.2. The van der Waals surface area contributed by atoms with Gasteiger partial charge in [0.1, 0.15) is 5.60 Å². The molecule has 33 heavy (non-hydrogen) atoms. The van der Waals surface area contributed by atoms with Gasteiger partial charge in [-0.15, -0.1) is 0 Å². The number of benzene rings is 2. The lowest BCUT2D eigenvalue weighted by molar-refractivity contribution is -0.154. The van der Waals surface area contributed by atoms with Crippen molar-refractivity contribution < 1.29 is 23.6 Å². The highest BCUT2D eigenvalue weighted by atomic mass is 16.6. The minimum Gasteiger partial charge on any atom is -0.466 e. The summed E-state index contributed by atoms with van der Waals surface area (Å²) in [5, 5.41) is 4.06. The summed E-state index contributed by atoms with van der Waals surface area (Å²) in [6.07, 6.45) is 1.14. The summed E-state index contributed by atoms with van der Waals surface area (Å²) in [5.41, 5.74) is 4.94.